The summed E-state index contributed by atoms with van der Waals surface area (Å²) in [5, 5.41) is 9.49. The number of aliphatic hydroxyl groups is 1. The number of aliphatic hydroxyl groups excluding tert-OH is 1. The predicted octanol–water partition coefficient (Wildman–Crippen LogP) is 0.123. The lowest BCUT2D eigenvalue weighted by Crippen LogP contribution is -2.44. The fourth-order valence-electron chi connectivity index (χ4n) is 1.57. The minimum absolute atomic E-state index is 0.0712. The summed E-state index contributed by atoms with van der Waals surface area (Å²) in [5.74, 6) is 0. The molecule has 0 aromatic heterocycles. The second-order valence-electron chi connectivity index (χ2n) is 3.35. The Morgan fingerprint density at radius 3 is 2.36 bits per heavy atom. The molecule has 3 nitrogen and oxygen atoms in total. The average Bonchev–Trinajstić information content (AvgIpc) is 2.05. The van der Waals surface area contributed by atoms with E-state index in [0.717, 1.165) is 26.1 Å². The summed E-state index contributed by atoms with van der Waals surface area (Å²) in [5.41, 5.74) is 5.55. The van der Waals surface area contributed by atoms with Gasteiger partial charge in [-0.2, -0.15) is 0 Å². The third-order valence-corrected chi connectivity index (χ3v) is 2.78. The number of nitrogens with two attached hydrogens (primary N) is 1. The molecule has 0 radical (unpaired) electrons. The van der Waals surface area contributed by atoms with E-state index in [1.807, 2.05) is 6.92 Å². The molecule has 0 bridgehead atoms. The SMILES string of the molecule is CC(O)C1(CN)CCOCC1. The van der Waals surface area contributed by atoms with Gasteiger partial charge in [-0.15, -0.1) is 0 Å². The molecule has 11 heavy (non-hydrogen) atoms. The Labute approximate surface area is 67.5 Å². The lowest BCUT2D eigenvalue weighted by Gasteiger charge is -2.38. The largest absolute Gasteiger partial charge is 0.393 e. The van der Waals surface area contributed by atoms with Gasteiger partial charge in [0.2, 0.25) is 0 Å². The molecule has 1 fully saturated rings. The minimum Gasteiger partial charge on any atom is -0.393 e. The molecule has 66 valence electrons. The van der Waals surface area contributed by atoms with Crippen LogP contribution in [0.4, 0.5) is 0 Å². The first-order valence-electron chi connectivity index (χ1n) is 4.17. The maximum absolute atomic E-state index is 9.49. The molecule has 1 atom stereocenters. The Morgan fingerprint density at radius 1 is 1.55 bits per heavy atom. The molecular weight excluding hydrogens is 142 g/mol. The van der Waals surface area contributed by atoms with Gasteiger partial charge in [0, 0.05) is 25.2 Å². The van der Waals surface area contributed by atoms with E-state index in [4.69, 9.17) is 10.5 Å². The van der Waals surface area contributed by atoms with Crippen LogP contribution >= 0.6 is 0 Å². The minimum atomic E-state index is -0.309. The molecule has 1 saturated heterocycles. The average molecular weight is 159 g/mol. The number of hydrogen-bond acceptors (Lipinski definition) is 3. The number of rotatable bonds is 2. The topological polar surface area (TPSA) is 55.5 Å². The van der Waals surface area contributed by atoms with E-state index in [0.29, 0.717) is 6.54 Å². The van der Waals surface area contributed by atoms with Gasteiger partial charge in [0.05, 0.1) is 6.10 Å². The predicted molar refractivity (Wildman–Crippen MR) is 43.2 cm³/mol. The van der Waals surface area contributed by atoms with Gasteiger partial charge in [0.25, 0.3) is 0 Å². The van der Waals surface area contributed by atoms with Crippen LogP contribution in [0.5, 0.6) is 0 Å². The first-order chi connectivity index (χ1) is 5.21. The van der Waals surface area contributed by atoms with Crippen molar-refractivity contribution in [1.82, 2.24) is 0 Å². The van der Waals surface area contributed by atoms with Crippen molar-refractivity contribution in [2.45, 2.75) is 25.9 Å². The first-order valence-corrected chi connectivity index (χ1v) is 4.17. The van der Waals surface area contributed by atoms with E-state index >= 15 is 0 Å². The second-order valence-corrected chi connectivity index (χ2v) is 3.35. The lowest BCUT2D eigenvalue weighted by molar-refractivity contribution is -0.0486. The maximum atomic E-state index is 9.49. The van der Waals surface area contributed by atoms with Crippen LogP contribution in [0, 0.1) is 5.41 Å². The molecule has 0 aromatic rings. The highest BCUT2D eigenvalue weighted by Gasteiger charge is 2.35. The standard InChI is InChI=1S/C8H17NO2/c1-7(10)8(6-9)2-4-11-5-3-8/h7,10H,2-6,9H2,1H3. The van der Waals surface area contributed by atoms with Crippen LogP contribution in [0.25, 0.3) is 0 Å². The van der Waals surface area contributed by atoms with Gasteiger partial charge in [-0.1, -0.05) is 0 Å². The van der Waals surface area contributed by atoms with Gasteiger partial charge in [0.1, 0.15) is 0 Å². The quantitative estimate of drug-likeness (QED) is 0.602. The Hall–Kier alpha value is -0.120. The Kier molecular flexibility index (Phi) is 2.87. The molecule has 0 aromatic carbocycles. The van der Waals surface area contributed by atoms with Gasteiger partial charge >= 0.3 is 0 Å². The Bertz CT molecular complexity index is 119. The van der Waals surface area contributed by atoms with Crippen molar-refractivity contribution in [2.24, 2.45) is 11.1 Å². The molecule has 0 aliphatic carbocycles. The van der Waals surface area contributed by atoms with Crippen molar-refractivity contribution in [1.29, 1.82) is 0 Å². The third-order valence-electron chi connectivity index (χ3n) is 2.78. The molecule has 1 heterocycles. The normalized spacial score (nSPS) is 26.5. The summed E-state index contributed by atoms with van der Waals surface area (Å²) in [7, 11) is 0. The zero-order valence-electron chi connectivity index (χ0n) is 7.05. The smallest absolute Gasteiger partial charge is 0.0582 e. The molecule has 1 aliphatic heterocycles. The fourth-order valence-corrected chi connectivity index (χ4v) is 1.57. The van der Waals surface area contributed by atoms with Crippen molar-refractivity contribution < 1.29 is 9.84 Å². The fraction of sp³-hybridized carbons (Fsp3) is 1.00. The molecule has 0 amide bonds. The summed E-state index contributed by atoms with van der Waals surface area (Å²) in [6.45, 7) is 3.86. The van der Waals surface area contributed by atoms with Gasteiger partial charge in [-0.3, -0.25) is 0 Å². The highest BCUT2D eigenvalue weighted by molar-refractivity contribution is 4.87. The maximum Gasteiger partial charge on any atom is 0.0582 e. The van der Waals surface area contributed by atoms with Gasteiger partial charge in [0.15, 0.2) is 0 Å². The zero-order valence-corrected chi connectivity index (χ0v) is 7.05. The Morgan fingerprint density at radius 2 is 2.09 bits per heavy atom. The second kappa shape index (κ2) is 3.52. The highest BCUT2D eigenvalue weighted by Crippen LogP contribution is 2.32. The van der Waals surface area contributed by atoms with E-state index in [1.165, 1.54) is 0 Å². The summed E-state index contributed by atoms with van der Waals surface area (Å²) in [6.07, 6.45) is 1.47. The van der Waals surface area contributed by atoms with Crippen molar-refractivity contribution in [3.63, 3.8) is 0 Å². The molecule has 3 heteroatoms. The van der Waals surface area contributed by atoms with E-state index in [9.17, 15) is 5.11 Å². The van der Waals surface area contributed by atoms with Crippen LogP contribution in [-0.2, 0) is 4.74 Å². The lowest BCUT2D eigenvalue weighted by atomic mass is 9.76. The van der Waals surface area contributed by atoms with Crippen LogP contribution in [0.1, 0.15) is 19.8 Å². The van der Waals surface area contributed by atoms with Crippen LogP contribution < -0.4 is 5.73 Å². The monoisotopic (exact) mass is 159 g/mol. The zero-order chi connectivity index (χ0) is 8.32. The van der Waals surface area contributed by atoms with Gasteiger partial charge < -0.3 is 15.6 Å². The molecule has 1 rings (SSSR count). The summed E-state index contributed by atoms with van der Waals surface area (Å²) in [6, 6.07) is 0. The number of ether oxygens (including phenoxy) is 1. The van der Waals surface area contributed by atoms with E-state index in [1.54, 1.807) is 0 Å². The van der Waals surface area contributed by atoms with Crippen molar-refractivity contribution in [3.05, 3.63) is 0 Å². The van der Waals surface area contributed by atoms with E-state index < -0.39 is 0 Å². The van der Waals surface area contributed by atoms with E-state index in [-0.39, 0.29) is 11.5 Å². The first kappa shape index (κ1) is 8.97. The number of hydrogen-bond donors (Lipinski definition) is 2. The molecular formula is C8H17NO2. The van der Waals surface area contributed by atoms with Gasteiger partial charge in [-0.25, -0.2) is 0 Å². The molecule has 0 saturated carbocycles. The summed E-state index contributed by atoms with van der Waals surface area (Å²) < 4.78 is 5.21. The van der Waals surface area contributed by atoms with Crippen molar-refractivity contribution in [2.75, 3.05) is 19.8 Å². The Balaban J connectivity index is 2.57. The molecule has 0 spiro atoms. The van der Waals surface area contributed by atoms with Crippen LogP contribution in [0.3, 0.4) is 0 Å². The highest BCUT2D eigenvalue weighted by atomic mass is 16.5. The summed E-state index contributed by atoms with van der Waals surface area (Å²) in [4.78, 5) is 0. The van der Waals surface area contributed by atoms with Crippen LogP contribution in [0.15, 0.2) is 0 Å². The van der Waals surface area contributed by atoms with Crippen LogP contribution in [-0.4, -0.2) is 31.0 Å². The summed E-state index contributed by atoms with van der Waals surface area (Å²) >= 11 is 0. The van der Waals surface area contributed by atoms with Crippen molar-refractivity contribution >= 4 is 0 Å². The molecule has 3 N–H and O–H groups in total. The molecule has 1 unspecified atom stereocenters. The van der Waals surface area contributed by atoms with Crippen LogP contribution in [0.2, 0.25) is 0 Å². The third kappa shape index (κ3) is 1.72. The van der Waals surface area contributed by atoms with Gasteiger partial charge in [-0.05, 0) is 19.8 Å². The molecule has 1 aliphatic rings. The van der Waals surface area contributed by atoms with E-state index in [2.05, 4.69) is 0 Å². The van der Waals surface area contributed by atoms with Crippen molar-refractivity contribution in [3.8, 4) is 0 Å².